The Hall–Kier alpha value is -2.96. The molecule has 1 heterocycles. The van der Waals surface area contributed by atoms with E-state index in [4.69, 9.17) is 0 Å². The Bertz CT molecular complexity index is 822. The largest absolute Gasteiger partial charge is 0.368 e. The number of carbonyl (C=O) groups is 2. The van der Waals surface area contributed by atoms with Gasteiger partial charge >= 0.3 is 0 Å². The first-order valence-corrected chi connectivity index (χ1v) is 9.31. The molecule has 3 rings (SSSR count). The molecule has 2 aromatic rings. The van der Waals surface area contributed by atoms with E-state index in [2.05, 4.69) is 10.2 Å². The number of nitrogens with zero attached hydrogens (tertiary/aromatic N) is 2. The third-order valence-electron chi connectivity index (χ3n) is 4.82. The monoisotopic (exact) mass is 387 g/mol. The van der Waals surface area contributed by atoms with Crippen molar-refractivity contribution < 1.29 is 18.4 Å². The first kappa shape index (κ1) is 19.8. The molecule has 0 aromatic heterocycles. The van der Waals surface area contributed by atoms with E-state index in [1.54, 1.807) is 4.90 Å². The van der Waals surface area contributed by atoms with Gasteiger partial charge in [0.1, 0.15) is 0 Å². The lowest BCUT2D eigenvalue weighted by Gasteiger charge is -2.36. The van der Waals surface area contributed by atoms with Crippen LogP contribution in [0.5, 0.6) is 0 Å². The molecule has 1 saturated heterocycles. The lowest BCUT2D eigenvalue weighted by atomic mass is 10.1. The molecule has 5 nitrogen and oxygen atoms in total. The minimum absolute atomic E-state index is 0.0536. The van der Waals surface area contributed by atoms with Gasteiger partial charge in [-0.3, -0.25) is 9.59 Å². The summed E-state index contributed by atoms with van der Waals surface area (Å²) in [7, 11) is 0. The fourth-order valence-electron chi connectivity index (χ4n) is 3.18. The molecule has 148 valence electrons. The predicted octanol–water partition coefficient (Wildman–Crippen LogP) is 2.36. The van der Waals surface area contributed by atoms with Crippen LogP contribution in [0, 0.1) is 11.6 Å². The van der Waals surface area contributed by atoms with Gasteiger partial charge in [-0.25, -0.2) is 8.78 Å². The van der Waals surface area contributed by atoms with Gasteiger partial charge in [-0.15, -0.1) is 0 Å². The minimum atomic E-state index is -0.928. The van der Waals surface area contributed by atoms with Crippen molar-refractivity contribution in [3.8, 4) is 0 Å². The van der Waals surface area contributed by atoms with Gasteiger partial charge in [0.25, 0.3) is 0 Å². The third kappa shape index (κ3) is 5.28. The second kappa shape index (κ2) is 9.30. The van der Waals surface area contributed by atoms with Crippen LogP contribution in [0.15, 0.2) is 48.5 Å². The lowest BCUT2D eigenvalue weighted by molar-refractivity contribution is -0.133. The molecule has 0 aliphatic carbocycles. The SMILES string of the molecule is O=C(CCc1ccc(F)c(F)c1)NCC(=O)N1CCN(c2ccccc2)CC1. The maximum absolute atomic E-state index is 13.2. The molecular weight excluding hydrogens is 364 g/mol. The second-order valence-corrected chi connectivity index (χ2v) is 6.73. The molecule has 0 spiro atoms. The van der Waals surface area contributed by atoms with E-state index >= 15 is 0 Å². The van der Waals surface area contributed by atoms with Crippen LogP contribution in [0.2, 0.25) is 0 Å². The van der Waals surface area contributed by atoms with E-state index in [1.807, 2.05) is 30.3 Å². The molecule has 1 fully saturated rings. The van der Waals surface area contributed by atoms with Gasteiger partial charge in [-0.1, -0.05) is 24.3 Å². The smallest absolute Gasteiger partial charge is 0.242 e. The molecule has 1 N–H and O–H groups in total. The van der Waals surface area contributed by atoms with Gasteiger partial charge in [-0.05, 0) is 36.2 Å². The van der Waals surface area contributed by atoms with Crippen LogP contribution < -0.4 is 10.2 Å². The summed E-state index contributed by atoms with van der Waals surface area (Å²) in [6.45, 7) is 2.67. The van der Waals surface area contributed by atoms with Crippen LogP contribution in [-0.2, 0) is 16.0 Å². The highest BCUT2D eigenvalue weighted by Crippen LogP contribution is 2.15. The predicted molar refractivity (Wildman–Crippen MR) is 103 cm³/mol. The number of aryl methyl sites for hydroxylation is 1. The molecule has 0 bridgehead atoms. The van der Waals surface area contributed by atoms with Crippen LogP contribution in [-0.4, -0.2) is 49.4 Å². The molecule has 0 saturated carbocycles. The Morgan fingerprint density at radius 1 is 0.929 bits per heavy atom. The number of hydrogen-bond acceptors (Lipinski definition) is 3. The summed E-state index contributed by atoms with van der Waals surface area (Å²) < 4.78 is 26.1. The topological polar surface area (TPSA) is 52.7 Å². The van der Waals surface area contributed by atoms with Crippen molar-refractivity contribution in [3.63, 3.8) is 0 Å². The standard InChI is InChI=1S/C21H23F2N3O2/c22-18-8-6-16(14-19(18)23)7-9-20(27)24-15-21(28)26-12-10-25(11-13-26)17-4-2-1-3-5-17/h1-6,8,14H,7,9-13,15H2,(H,24,27). The van der Waals surface area contributed by atoms with Crippen molar-refractivity contribution in [1.29, 1.82) is 0 Å². The van der Waals surface area contributed by atoms with Crippen LogP contribution in [0.25, 0.3) is 0 Å². The molecule has 0 radical (unpaired) electrons. The van der Waals surface area contributed by atoms with E-state index in [0.29, 0.717) is 18.7 Å². The van der Waals surface area contributed by atoms with Gasteiger partial charge in [0.05, 0.1) is 6.54 Å². The van der Waals surface area contributed by atoms with Crippen molar-refractivity contribution in [2.75, 3.05) is 37.6 Å². The Morgan fingerprint density at radius 2 is 1.64 bits per heavy atom. The molecule has 1 aliphatic rings. The summed E-state index contributed by atoms with van der Waals surface area (Å²) in [6.07, 6.45) is 0.396. The zero-order valence-electron chi connectivity index (χ0n) is 15.5. The highest BCUT2D eigenvalue weighted by atomic mass is 19.2. The number of halogens is 2. The third-order valence-corrected chi connectivity index (χ3v) is 4.82. The summed E-state index contributed by atoms with van der Waals surface area (Å²) in [5, 5.41) is 2.61. The van der Waals surface area contributed by atoms with Crippen LogP contribution in [0.3, 0.4) is 0 Å². The molecule has 1 aliphatic heterocycles. The van der Waals surface area contributed by atoms with E-state index < -0.39 is 11.6 Å². The zero-order chi connectivity index (χ0) is 19.9. The Kier molecular flexibility index (Phi) is 6.57. The molecule has 0 atom stereocenters. The van der Waals surface area contributed by atoms with Crippen molar-refractivity contribution in [2.24, 2.45) is 0 Å². The molecule has 0 unspecified atom stereocenters. The minimum Gasteiger partial charge on any atom is -0.368 e. The zero-order valence-corrected chi connectivity index (χ0v) is 15.5. The fourth-order valence-corrected chi connectivity index (χ4v) is 3.18. The van der Waals surface area contributed by atoms with Crippen LogP contribution >= 0.6 is 0 Å². The maximum atomic E-state index is 13.2. The Labute approximate surface area is 162 Å². The van der Waals surface area contributed by atoms with Crippen LogP contribution in [0.4, 0.5) is 14.5 Å². The highest BCUT2D eigenvalue weighted by molar-refractivity contribution is 5.85. The number of hydrogen-bond donors (Lipinski definition) is 1. The summed E-state index contributed by atoms with van der Waals surface area (Å²) in [4.78, 5) is 28.2. The van der Waals surface area contributed by atoms with E-state index in [1.165, 1.54) is 6.07 Å². The number of carbonyl (C=O) groups excluding carboxylic acids is 2. The van der Waals surface area contributed by atoms with Crippen molar-refractivity contribution in [2.45, 2.75) is 12.8 Å². The number of rotatable bonds is 6. The van der Waals surface area contributed by atoms with Crippen molar-refractivity contribution in [3.05, 3.63) is 65.7 Å². The normalized spacial score (nSPS) is 14.1. The molecule has 28 heavy (non-hydrogen) atoms. The fraction of sp³-hybridized carbons (Fsp3) is 0.333. The average Bonchev–Trinajstić information content (AvgIpc) is 2.73. The lowest BCUT2D eigenvalue weighted by Crippen LogP contribution is -2.51. The first-order valence-electron chi connectivity index (χ1n) is 9.31. The number of nitrogens with one attached hydrogen (secondary N) is 1. The first-order chi connectivity index (χ1) is 13.5. The van der Waals surface area contributed by atoms with E-state index in [0.717, 1.165) is 30.9 Å². The molecule has 7 heteroatoms. The summed E-state index contributed by atoms with van der Waals surface area (Å²) in [5.74, 6) is -2.25. The quantitative estimate of drug-likeness (QED) is 0.828. The van der Waals surface area contributed by atoms with Crippen molar-refractivity contribution >= 4 is 17.5 Å². The van der Waals surface area contributed by atoms with Gasteiger partial charge < -0.3 is 15.1 Å². The van der Waals surface area contributed by atoms with Crippen molar-refractivity contribution in [1.82, 2.24) is 10.2 Å². The summed E-state index contributed by atoms with van der Waals surface area (Å²) in [5.41, 5.74) is 1.68. The number of piperazine rings is 1. The van der Waals surface area contributed by atoms with Gasteiger partial charge in [-0.2, -0.15) is 0 Å². The average molecular weight is 387 g/mol. The summed E-state index contributed by atoms with van der Waals surface area (Å²) >= 11 is 0. The summed E-state index contributed by atoms with van der Waals surface area (Å²) in [6, 6.07) is 13.6. The number of benzene rings is 2. The molecule has 2 amide bonds. The van der Waals surface area contributed by atoms with Gasteiger partial charge in [0.15, 0.2) is 11.6 Å². The van der Waals surface area contributed by atoms with E-state index in [9.17, 15) is 18.4 Å². The number of amides is 2. The number of anilines is 1. The van der Waals surface area contributed by atoms with E-state index in [-0.39, 0.29) is 31.2 Å². The number of para-hydroxylation sites is 1. The molecular formula is C21H23F2N3O2. The maximum Gasteiger partial charge on any atom is 0.242 e. The van der Waals surface area contributed by atoms with Crippen LogP contribution in [0.1, 0.15) is 12.0 Å². The second-order valence-electron chi connectivity index (χ2n) is 6.73. The highest BCUT2D eigenvalue weighted by Gasteiger charge is 2.21. The van der Waals surface area contributed by atoms with Gasteiger partial charge in [0.2, 0.25) is 11.8 Å². The van der Waals surface area contributed by atoms with Gasteiger partial charge in [0, 0.05) is 38.3 Å². The Morgan fingerprint density at radius 3 is 2.32 bits per heavy atom. The molecule has 2 aromatic carbocycles. The Balaban J connectivity index is 1.38.